The van der Waals surface area contributed by atoms with E-state index in [9.17, 15) is 14.7 Å². The number of carbonyl (C=O) groups is 1. The summed E-state index contributed by atoms with van der Waals surface area (Å²) in [6.45, 7) is 3.51. The molecule has 1 aliphatic heterocycles. The van der Waals surface area contributed by atoms with Crippen molar-refractivity contribution in [2.24, 2.45) is 0 Å². The van der Waals surface area contributed by atoms with Gasteiger partial charge in [0.2, 0.25) is 6.10 Å². The molecule has 2 atom stereocenters. The largest absolute Gasteiger partial charge is 0.475 e. The molecule has 2 aromatic heterocycles. The van der Waals surface area contributed by atoms with Crippen molar-refractivity contribution >= 4 is 16.9 Å². The first-order valence-electron chi connectivity index (χ1n) is 10.3. The molecular formula is C23H22N4O5. The summed E-state index contributed by atoms with van der Waals surface area (Å²) in [4.78, 5) is 29.1. The van der Waals surface area contributed by atoms with E-state index in [1.807, 2.05) is 49.4 Å². The van der Waals surface area contributed by atoms with Crippen molar-refractivity contribution in [3.63, 3.8) is 0 Å². The summed E-state index contributed by atoms with van der Waals surface area (Å²) in [5.74, 6) is 0.595. The number of H-pyrrole nitrogens is 1. The number of aromatic amines is 1. The molecule has 0 aliphatic carbocycles. The number of aryl methyl sites for hydroxylation is 2. The van der Waals surface area contributed by atoms with Crippen molar-refractivity contribution < 1.29 is 19.2 Å². The molecule has 3 N–H and O–H groups in total. The number of aliphatic hydroxyl groups excluding tert-OH is 1. The lowest BCUT2D eigenvalue weighted by molar-refractivity contribution is -0.129. The molecule has 32 heavy (non-hydrogen) atoms. The Balaban J connectivity index is 1.79. The molecule has 0 fully saturated rings. The Morgan fingerprint density at radius 1 is 1.22 bits per heavy atom. The molecule has 4 aromatic rings. The number of benzene rings is 2. The molecule has 3 heterocycles. The van der Waals surface area contributed by atoms with Crippen LogP contribution in [0.5, 0.6) is 5.75 Å². The van der Waals surface area contributed by atoms with Gasteiger partial charge in [0.05, 0.1) is 23.4 Å². The molecule has 9 nitrogen and oxygen atoms in total. The summed E-state index contributed by atoms with van der Waals surface area (Å²) in [5, 5.41) is 15.9. The van der Waals surface area contributed by atoms with Gasteiger partial charge in [0.25, 0.3) is 5.91 Å². The van der Waals surface area contributed by atoms with Crippen LogP contribution in [0.2, 0.25) is 0 Å². The Morgan fingerprint density at radius 3 is 2.69 bits per heavy atom. The highest BCUT2D eigenvalue weighted by atomic mass is 16.5. The Bertz CT molecular complexity index is 1350. The molecule has 0 bridgehead atoms. The molecule has 9 heteroatoms. The van der Waals surface area contributed by atoms with E-state index >= 15 is 0 Å². The van der Waals surface area contributed by atoms with Gasteiger partial charge in [0.15, 0.2) is 5.75 Å². The lowest BCUT2D eigenvalue weighted by Gasteiger charge is -2.33. The highest BCUT2D eigenvalue weighted by Crippen LogP contribution is 2.44. The average molecular weight is 434 g/mol. The van der Waals surface area contributed by atoms with Crippen LogP contribution in [0, 0.1) is 13.8 Å². The molecule has 5 rings (SSSR count). The predicted octanol–water partition coefficient (Wildman–Crippen LogP) is 2.06. The molecule has 2 aromatic carbocycles. The number of hydrogen-bond donors (Lipinski definition) is 3. The van der Waals surface area contributed by atoms with E-state index < -0.39 is 18.1 Å². The maximum Gasteiger partial charge on any atom is 0.327 e. The summed E-state index contributed by atoms with van der Waals surface area (Å²) < 4.78 is 13.3. The third-order valence-corrected chi connectivity index (χ3v) is 5.76. The summed E-state index contributed by atoms with van der Waals surface area (Å²) in [7, 11) is 0. The van der Waals surface area contributed by atoms with E-state index in [2.05, 4.69) is 15.5 Å². The fourth-order valence-corrected chi connectivity index (χ4v) is 4.41. The average Bonchev–Trinajstić information content (AvgIpc) is 3.32. The highest BCUT2D eigenvalue weighted by molar-refractivity contribution is 5.94. The van der Waals surface area contributed by atoms with Gasteiger partial charge in [0, 0.05) is 12.1 Å². The quantitative estimate of drug-likeness (QED) is 0.442. The standard InChI is InChI=1S/C23H22N4O5/c1-12-17(13(2)32-26-12)15-8-9-16-19-20(15)31-21(22(29)24-10-11-28)18(27(19)23(30)25-16)14-6-4-3-5-7-14/h3-9,18,21,28H,10-11H2,1-2H3,(H,24,29)(H,25,30)/t18-,21-/m1/s1. The van der Waals surface area contributed by atoms with Crippen LogP contribution in [0.15, 0.2) is 51.8 Å². The minimum atomic E-state index is -1.03. The van der Waals surface area contributed by atoms with Crippen LogP contribution in [-0.2, 0) is 4.79 Å². The lowest BCUT2D eigenvalue weighted by atomic mass is 9.96. The zero-order chi connectivity index (χ0) is 22.4. The highest BCUT2D eigenvalue weighted by Gasteiger charge is 2.41. The molecule has 0 unspecified atom stereocenters. The van der Waals surface area contributed by atoms with Gasteiger partial charge in [-0.3, -0.25) is 9.36 Å². The lowest BCUT2D eigenvalue weighted by Crippen LogP contribution is -2.48. The molecule has 0 saturated heterocycles. The van der Waals surface area contributed by atoms with Gasteiger partial charge in [-0.25, -0.2) is 4.79 Å². The fourth-order valence-electron chi connectivity index (χ4n) is 4.41. The molecule has 0 radical (unpaired) electrons. The Hall–Kier alpha value is -3.85. The van der Waals surface area contributed by atoms with Crippen LogP contribution in [0.3, 0.4) is 0 Å². The Kier molecular flexibility index (Phi) is 4.82. The molecule has 1 aliphatic rings. The maximum atomic E-state index is 13.1. The second kappa shape index (κ2) is 7.69. The Morgan fingerprint density at radius 2 is 2.00 bits per heavy atom. The van der Waals surface area contributed by atoms with Crippen molar-refractivity contribution in [2.75, 3.05) is 13.2 Å². The van der Waals surface area contributed by atoms with Gasteiger partial charge in [-0.1, -0.05) is 35.5 Å². The van der Waals surface area contributed by atoms with Crippen molar-refractivity contribution in [1.29, 1.82) is 0 Å². The second-order valence-corrected chi connectivity index (χ2v) is 7.75. The van der Waals surface area contributed by atoms with E-state index in [1.54, 1.807) is 11.5 Å². The normalized spacial score (nSPS) is 17.3. The molecule has 0 saturated carbocycles. The summed E-state index contributed by atoms with van der Waals surface area (Å²) in [5.41, 5.74) is 3.73. The van der Waals surface area contributed by atoms with Gasteiger partial charge < -0.3 is 24.7 Å². The SMILES string of the molecule is Cc1noc(C)c1-c1ccc2[nH]c(=O)n3c2c1O[C@@H](C(=O)NCCO)[C@H]3c1ccccc1. The summed E-state index contributed by atoms with van der Waals surface area (Å²) in [6, 6.07) is 12.2. The number of nitrogens with one attached hydrogen (secondary N) is 2. The van der Waals surface area contributed by atoms with E-state index in [4.69, 9.17) is 9.26 Å². The van der Waals surface area contributed by atoms with Crippen LogP contribution in [0.4, 0.5) is 0 Å². The topological polar surface area (TPSA) is 122 Å². The first-order chi connectivity index (χ1) is 15.5. The Labute approximate surface area is 182 Å². The number of aromatic nitrogens is 3. The van der Waals surface area contributed by atoms with E-state index in [1.165, 1.54) is 0 Å². The smallest absolute Gasteiger partial charge is 0.327 e. The maximum absolute atomic E-state index is 13.1. The van der Waals surface area contributed by atoms with Crippen molar-refractivity contribution in [3.8, 4) is 16.9 Å². The number of ether oxygens (including phenoxy) is 1. The van der Waals surface area contributed by atoms with E-state index in [-0.39, 0.29) is 18.8 Å². The number of amides is 1. The van der Waals surface area contributed by atoms with Gasteiger partial charge in [-0.15, -0.1) is 0 Å². The first kappa shape index (κ1) is 20.1. The second-order valence-electron chi connectivity index (χ2n) is 7.75. The zero-order valence-corrected chi connectivity index (χ0v) is 17.6. The zero-order valence-electron chi connectivity index (χ0n) is 17.6. The minimum Gasteiger partial charge on any atom is -0.475 e. The monoisotopic (exact) mass is 434 g/mol. The molecule has 0 spiro atoms. The first-order valence-corrected chi connectivity index (χ1v) is 10.3. The van der Waals surface area contributed by atoms with Crippen molar-refractivity contribution in [1.82, 2.24) is 20.0 Å². The summed E-state index contributed by atoms with van der Waals surface area (Å²) >= 11 is 0. The number of nitrogens with zero attached hydrogens (tertiary/aromatic N) is 2. The van der Waals surface area contributed by atoms with Crippen LogP contribution < -0.4 is 15.7 Å². The predicted molar refractivity (Wildman–Crippen MR) is 117 cm³/mol. The molecular weight excluding hydrogens is 412 g/mol. The van der Waals surface area contributed by atoms with Gasteiger partial charge in [0.1, 0.15) is 17.3 Å². The van der Waals surface area contributed by atoms with Gasteiger partial charge in [-0.05, 0) is 31.5 Å². The van der Waals surface area contributed by atoms with Gasteiger partial charge >= 0.3 is 5.69 Å². The fraction of sp³-hybridized carbons (Fsp3) is 0.261. The van der Waals surface area contributed by atoms with Crippen LogP contribution in [-0.4, -0.2) is 45.0 Å². The number of carbonyl (C=O) groups excluding carboxylic acids is 1. The number of rotatable bonds is 5. The number of aliphatic hydroxyl groups is 1. The molecule has 1 amide bonds. The van der Waals surface area contributed by atoms with Crippen LogP contribution in [0.1, 0.15) is 23.1 Å². The van der Waals surface area contributed by atoms with Gasteiger partial charge in [-0.2, -0.15) is 0 Å². The third kappa shape index (κ3) is 3.01. The van der Waals surface area contributed by atoms with E-state index in [0.717, 1.165) is 11.1 Å². The van der Waals surface area contributed by atoms with E-state index in [0.29, 0.717) is 33.8 Å². The van der Waals surface area contributed by atoms with Crippen LogP contribution >= 0.6 is 0 Å². The van der Waals surface area contributed by atoms with Crippen LogP contribution in [0.25, 0.3) is 22.2 Å². The third-order valence-electron chi connectivity index (χ3n) is 5.76. The van der Waals surface area contributed by atoms with Crippen molar-refractivity contribution in [3.05, 3.63) is 70.0 Å². The number of hydrogen-bond acceptors (Lipinski definition) is 6. The number of imidazole rings is 1. The van der Waals surface area contributed by atoms with Crippen molar-refractivity contribution in [2.45, 2.75) is 26.0 Å². The summed E-state index contributed by atoms with van der Waals surface area (Å²) in [6.07, 6.45) is -1.03. The minimum absolute atomic E-state index is 0.0794. The molecule has 164 valence electrons.